The maximum absolute atomic E-state index is 10.5. The van der Waals surface area contributed by atoms with Crippen LogP contribution in [0.15, 0.2) is 24.3 Å². The normalized spacial score (nSPS) is 14.3. The van der Waals surface area contributed by atoms with E-state index < -0.39 is 0 Å². The van der Waals surface area contributed by atoms with Crippen molar-refractivity contribution in [3.05, 3.63) is 39.9 Å². The van der Waals surface area contributed by atoms with Gasteiger partial charge >= 0.3 is 0 Å². The molecule has 0 spiro atoms. The van der Waals surface area contributed by atoms with Crippen molar-refractivity contribution < 1.29 is 4.92 Å². The molecule has 0 aliphatic heterocycles. The molecule has 0 saturated carbocycles. The Balaban J connectivity index is 2.50. The second-order valence-corrected chi connectivity index (χ2v) is 4.52. The van der Waals surface area contributed by atoms with Gasteiger partial charge in [-0.05, 0) is 38.3 Å². The molecule has 0 aliphatic rings. The first-order valence-electron chi connectivity index (χ1n) is 5.95. The zero-order valence-electron chi connectivity index (χ0n) is 10.6. The van der Waals surface area contributed by atoms with Crippen molar-refractivity contribution in [2.75, 3.05) is 7.05 Å². The molecule has 4 nitrogen and oxygen atoms in total. The number of aryl methyl sites for hydroxylation is 1. The third-order valence-electron chi connectivity index (χ3n) is 3.34. The third kappa shape index (κ3) is 4.15. The zero-order valence-corrected chi connectivity index (χ0v) is 10.6. The molecule has 4 heteroatoms. The molecule has 0 amide bonds. The van der Waals surface area contributed by atoms with Crippen molar-refractivity contribution in [2.45, 2.75) is 32.7 Å². The van der Waals surface area contributed by atoms with Gasteiger partial charge in [0.05, 0.1) is 4.92 Å². The third-order valence-corrected chi connectivity index (χ3v) is 3.34. The molecule has 1 aromatic rings. The van der Waals surface area contributed by atoms with Crippen molar-refractivity contribution in [3.63, 3.8) is 0 Å². The Bertz CT molecular complexity index is 362. The molecule has 0 radical (unpaired) electrons. The van der Waals surface area contributed by atoms with Crippen LogP contribution in [0.4, 0.5) is 5.69 Å². The standard InChI is InChI=1S/C13H20N2O2/c1-10(11(2)14-3)4-5-12-6-8-13(9-7-12)15(16)17/h6-11,14H,4-5H2,1-3H3. The minimum atomic E-state index is -0.366. The quantitative estimate of drug-likeness (QED) is 0.610. The first-order chi connectivity index (χ1) is 8.04. The van der Waals surface area contributed by atoms with E-state index in [-0.39, 0.29) is 10.6 Å². The van der Waals surface area contributed by atoms with E-state index in [0.717, 1.165) is 18.4 Å². The summed E-state index contributed by atoms with van der Waals surface area (Å²) >= 11 is 0. The summed E-state index contributed by atoms with van der Waals surface area (Å²) in [7, 11) is 1.97. The molecular weight excluding hydrogens is 216 g/mol. The first kappa shape index (κ1) is 13.6. The average Bonchev–Trinajstić information content (AvgIpc) is 2.35. The summed E-state index contributed by atoms with van der Waals surface area (Å²) in [6.45, 7) is 4.38. The summed E-state index contributed by atoms with van der Waals surface area (Å²) in [4.78, 5) is 10.1. The number of nitrogens with one attached hydrogen (secondary N) is 1. The lowest BCUT2D eigenvalue weighted by Crippen LogP contribution is -2.28. The molecule has 94 valence electrons. The summed E-state index contributed by atoms with van der Waals surface area (Å²) in [5.74, 6) is 0.593. The van der Waals surface area contributed by atoms with Gasteiger partial charge in [-0.3, -0.25) is 10.1 Å². The van der Waals surface area contributed by atoms with Gasteiger partial charge in [0.25, 0.3) is 5.69 Å². The highest BCUT2D eigenvalue weighted by Gasteiger charge is 2.10. The SMILES string of the molecule is CNC(C)C(C)CCc1ccc([N+](=O)[O-])cc1. The first-order valence-corrected chi connectivity index (χ1v) is 5.95. The minimum Gasteiger partial charge on any atom is -0.317 e. The number of benzene rings is 1. The van der Waals surface area contributed by atoms with Gasteiger partial charge in [-0.1, -0.05) is 19.1 Å². The van der Waals surface area contributed by atoms with E-state index >= 15 is 0 Å². The van der Waals surface area contributed by atoms with E-state index in [1.165, 1.54) is 0 Å². The fourth-order valence-corrected chi connectivity index (χ4v) is 1.71. The molecule has 0 bridgehead atoms. The van der Waals surface area contributed by atoms with Crippen LogP contribution in [-0.2, 0) is 6.42 Å². The van der Waals surface area contributed by atoms with Gasteiger partial charge in [-0.15, -0.1) is 0 Å². The Morgan fingerprint density at radius 3 is 2.35 bits per heavy atom. The molecule has 1 N–H and O–H groups in total. The predicted octanol–water partition coefficient (Wildman–Crippen LogP) is 2.77. The van der Waals surface area contributed by atoms with Crippen molar-refractivity contribution in [2.24, 2.45) is 5.92 Å². The number of nitrogens with zero attached hydrogens (tertiary/aromatic N) is 1. The van der Waals surface area contributed by atoms with Gasteiger partial charge in [0.1, 0.15) is 0 Å². The topological polar surface area (TPSA) is 55.2 Å². The molecule has 17 heavy (non-hydrogen) atoms. The van der Waals surface area contributed by atoms with Crippen LogP contribution < -0.4 is 5.32 Å². The van der Waals surface area contributed by atoms with Gasteiger partial charge in [-0.2, -0.15) is 0 Å². The molecular formula is C13H20N2O2. The molecule has 0 aliphatic carbocycles. The molecule has 1 aromatic carbocycles. The molecule has 2 unspecified atom stereocenters. The van der Waals surface area contributed by atoms with Crippen LogP contribution in [0.2, 0.25) is 0 Å². The van der Waals surface area contributed by atoms with Crippen LogP contribution in [0, 0.1) is 16.0 Å². The fraction of sp³-hybridized carbons (Fsp3) is 0.538. The second-order valence-electron chi connectivity index (χ2n) is 4.52. The van der Waals surface area contributed by atoms with E-state index in [1.54, 1.807) is 12.1 Å². The molecule has 0 fully saturated rings. The molecule has 0 saturated heterocycles. The monoisotopic (exact) mass is 236 g/mol. The molecule has 2 atom stereocenters. The summed E-state index contributed by atoms with van der Waals surface area (Å²) in [5.41, 5.74) is 1.32. The van der Waals surface area contributed by atoms with Gasteiger partial charge in [0.15, 0.2) is 0 Å². The number of non-ortho nitro benzene ring substituents is 1. The van der Waals surface area contributed by atoms with E-state index in [9.17, 15) is 10.1 Å². The lowest BCUT2D eigenvalue weighted by Gasteiger charge is -2.18. The summed E-state index contributed by atoms with van der Waals surface area (Å²) in [6.07, 6.45) is 2.05. The molecule has 1 rings (SSSR count). The Kier molecular flexibility index (Phi) is 5.10. The summed E-state index contributed by atoms with van der Waals surface area (Å²) in [6, 6.07) is 7.32. The van der Waals surface area contributed by atoms with Crippen LogP contribution in [0.1, 0.15) is 25.8 Å². The van der Waals surface area contributed by atoms with Crippen molar-refractivity contribution in [1.82, 2.24) is 5.32 Å². The van der Waals surface area contributed by atoms with E-state index in [0.29, 0.717) is 12.0 Å². The van der Waals surface area contributed by atoms with E-state index in [4.69, 9.17) is 0 Å². The minimum absolute atomic E-state index is 0.158. The number of nitro benzene ring substituents is 1. The highest BCUT2D eigenvalue weighted by molar-refractivity contribution is 5.32. The maximum atomic E-state index is 10.5. The highest BCUT2D eigenvalue weighted by atomic mass is 16.6. The maximum Gasteiger partial charge on any atom is 0.269 e. The highest BCUT2D eigenvalue weighted by Crippen LogP contribution is 2.16. The van der Waals surface area contributed by atoms with Gasteiger partial charge in [-0.25, -0.2) is 0 Å². The second kappa shape index (κ2) is 6.35. The van der Waals surface area contributed by atoms with Crippen LogP contribution in [0.25, 0.3) is 0 Å². The van der Waals surface area contributed by atoms with Gasteiger partial charge in [0.2, 0.25) is 0 Å². The van der Waals surface area contributed by atoms with Gasteiger partial charge in [0, 0.05) is 18.2 Å². The average molecular weight is 236 g/mol. The number of rotatable bonds is 6. The van der Waals surface area contributed by atoms with Crippen molar-refractivity contribution >= 4 is 5.69 Å². The largest absolute Gasteiger partial charge is 0.317 e. The summed E-state index contributed by atoms with van der Waals surface area (Å²) < 4.78 is 0. The summed E-state index contributed by atoms with van der Waals surface area (Å²) in [5, 5.41) is 13.7. The number of nitro groups is 1. The van der Waals surface area contributed by atoms with Crippen LogP contribution in [-0.4, -0.2) is 18.0 Å². The molecule has 0 aromatic heterocycles. The predicted molar refractivity (Wildman–Crippen MR) is 69.1 cm³/mol. The fourth-order valence-electron chi connectivity index (χ4n) is 1.71. The van der Waals surface area contributed by atoms with Gasteiger partial charge < -0.3 is 5.32 Å². The number of hydrogen-bond donors (Lipinski definition) is 1. The Hall–Kier alpha value is -1.42. The number of hydrogen-bond acceptors (Lipinski definition) is 3. The lowest BCUT2D eigenvalue weighted by atomic mass is 9.95. The van der Waals surface area contributed by atoms with E-state index in [1.807, 2.05) is 19.2 Å². The van der Waals surface area contributed by atoms with E-state index in [2.05, 4.69) is 19.2 Å². The van der Waals surface area contributed by atoms with Crippen LogP contribution in [0.5, 0.6) is 0 Å². The van der Waals surface area contributed by atoms with Crippen molar-refractivity contribution in [3.8, 4) is 0 Å². The molecule has 0 heterocycles. The zero-order chi connectivity index (χ0) is 12.8. The van der Waals surface area contributed by atoms with Crippen LogP contribution >= 0.6 is 0 Å². The smallest absolute Gasteiger partial charge is 0.269 e. The Morgan fingerprint density at radius 2 is 1.88 bits per heavy atom. The Labute approximate surface area is 102 Å². The Morgan fingerprint density at radius 1 is 1.29 bits per heavy atom. The lowest BCUT2D eigenvalue weighted by molar-refractivity contribution is -0.384. The van der Waals surface area contributed by atoms with Crippen LogP contribution in [0.3, 0.4) is 0 Å². The van der Waals surface area contributed by atoms with Crippen molar-refractivity contribution in [1.29, 1.82) is 0 Å².